The van der Waals surface area contributed by atoms with Gasteiger partial charge in [0.2, 0.25) is 0 Å². The van der Waals surface area contributed by atoms with Crippen molar-refractivity contribution in [2.24, 2.45) is 5.84 Å². The minimum Gasteiger partial charge on any atom is -0.336 e. The predicted octanol–water partition coefficient (Wildman–Crippen LogP) is 2.25. The molecule has 0 aliphatic heterocycles. The largest absolute Gasteiger partial charge is 0.336 e. The molecule has 1 aromatic rings. The molecule has 0 saturated carbocycles. The summed E-state index contributed by atoms with van der Waals surface area (Å²) in [5.41, 5.74) is 3.13. The molecule has 0 bridgehead atoms. The van der Waals surface area contributed by atoms with Crippen molar-refractivity contribution in [3.63, 3.8) is 0 Å². The van der Waals surface area contributed by atoms with Crippen LogP contribution in [0, 0.1) is 0 Å². The number of thioether (sulfide) groups is 1. The lowest BCUT2D eigenvalue weighted by Crippen LogP contribution is -2.44. The Morgan fingerprint density at radius 1 is 1.33 bits per heavy atom. The second-order valence-electron chi connectivity index (χ2n) is 4.67. The molecule has 2 amide bonds. The zero-order chi connectivity index (χ0) is 13.6. The van der Waals surface area contributed by atoms with Crippen LogP contribution in [0.5, 0.6) is 0 Å². The van der Waals surface area contributed by atoms with Crippen molar-refractivity contribution < 1.29 is 4.79 Å². The van der Waals surface area contributed by atoms with Gasteiger partial charge < -0.3 is 5.32 Å². The van der Waals surface area contributed by atoms with Gasteiger partial charge in [0.1, 0.15) is 0 Å². The van der Waals surface area contributed by atoms with Crippen LogP contribution < -0.4 is 16.6 Å². The van der Waals surface area contributed by atoms with E-state index in [1.807, 2.05) is 11.8 Å². The predicted molar refractivity (Wildman–Crippen MR) is 76.6 cm³/mol. The van der Waals surface area contributed by atoms with E-state index in [0.717, 1.165) is 5.75 Å². The normalized spacial score (nSPS) is 11.1. The van der Waals surface area contributed by atoms with Crippen molar-refractivity contribution in [1.82, 2.24) is 10.7 Å². The number of hydrazine groups is 1. The molecule has 100 valence electrons. The van der Waals surface area contributed by atoms with Crippen molar-refractivity contribution in [1.29, 1.82) is 0 Å². The number of nitrogens with one attached hydrogen (secondary N) is 2. The van der Waals surface area contributed by atoms with E-state index in [1.54, 1.807) is 0 Å². The molecule has 0 heterocycles. The highest BCUT2D eigenvalue weighted by Gasteiger charge is 2.21. The Kier molecular flexibility index (Phi) is 5.50. The number of hydrogen-bond donors (Lipinski definition) is 3. The molecule has 4 nitrogen and oxygen atoms in total. The van der Waals surface area contributed by atoms with Crippen molar-refractivity contribution in [3.05, 3.63) is 29.8 Å². The first-order valence-corrected chi connectivity index (χ1v) is 6.96. The van der Waals surface area contributed by atoms with Crippen molar-refractivity contribution >= 4 is 17.8 Å². The van der Waals surface area contributed by atoms with Crippen LogP contribution in [0.3, 0.4) is 0 Å². The van der Waals surface area contributed by atoms with Crippen molar-refractivity contribution in [3.8, 4) is 0 Å². The molecule has 0 aromatic heterocycles. The van der Waals surface area contributed by atoms with Gasteiger partial charge in [-0.2, -0.15) is 0 Å². The van der Waals surface area contributed by atoms with Gasteiger partial charge in [-0.05, 0) is 23.4 Å². The van der Waals surface area contributed by atoms with E-state index in [9.17, 15) is 4.79 Å². The van der Waals surface area contributed by atoms with Crippen molar-refractivity contribution in [2.75, 3.05) is 12.3 Å². The summed E-state index contributed by atoms with van der Waals surface area (Å²) in [6, 6.07) is 8.10. The van der Waals surface area contributed by atoms with Crippen LogP contribution in [0.1, 0.15) is 26.3 Å². The summed E-state index contributed by atoms with van der Waals surface area (Å²) >= 11 is 1.82. The van der Waals surface area contributed by atoms with E-state index in [0.29, 0.717) is 6.54 Å². The summed E-state index contributed by atoms with van der Waals surface area (Å²) in [7, 11) is 0. The zero-order valence-corrected chi connectivity index (χ0v) is 11.9. The Balaban J connectivity index is 2.68. The van der Waals surface area contributed by atoms with Crippen LogP contribution in [0.4, 0.5) is 4.79 Å². The van der Waals surface area contributed by atoms with Gasteiger partial charge in [0.25, 0.3) is 0 Å². The minimum absolute atomic E-state index is 0.123. The van der Waals surface area contributed by atoms with Gasteiger partial charge in [-0.15, -0.1) is 11.8 Å². The van der Waals surface area contributed by atoms with Crippen LogP contribution in [0.25, 0.3) is 0 Å². The summed E-state index contributed by atoms with van der Waals surface area (Å²) in [4.78, 5) is 12.3. The quantitative estimate of drug-likeness (QED) is 0.332. The van der Waals surface area contributed by atoms with Gasteiger partial charge in [-0.25, -0.2) is 10.6 Å². The van der Waals surface area contributed by atoms with Gasteiger partial charge in [-0.3, -0.25) is 5.43 Å². The highest BCUT2D eigenvalue weighted by atomic mass is 32.2. The lowest BCUT2D eigenvalue weighted by molar-refractivity contribution is 0.238. The second-order valence-corrected chi connectivity index (χ2v) is 6.01. The zero-order valence-electron chi connectivity index (χ0n) is 11.1. The summed E-state index contributed by atoms with van der Waals surface area (Å²) < 4.78 is 0. The third-order valence-corrected chi connectivity index (χ3v) is 3.66. The molecule has 0 unspecified atom stereocenters. The first kappa shape index (κ1) is 14.9. The van der Waals surface area contributed by atoms with Gasteiger partial charge in [0.15, 0.2) is 0 Å². The Morgan fingerprint density at radius 2 is 1.94 bits per heavy atom. The van der Waals surface area contributed by atoms with Gasteiger partial charge in [0.05, 0.1) is 0 Å². The lowest BCUT2D eigenvalue weighted by atomic mass is 9.85. The number of carbonyl (C=O) groups excluding carboxylic acids is 1. The van der Waals surface area contributed by atoms with Crippen LogP contribution in [0.2, 0.25) is 0 Å². The Bertz CT molecular complexity index is 390. The van der Waals surface area contributed by atoms with E-state index >= 15 is 0 Å². The molecular weight excluding hydrogens is 246 g/mol. The monoisotopic (exact) mass is 267 g/mol. The summed E-state index contributed by atoms with van der Waals surface area (Å²) in [5.74, 6) is 6.10. The molecule has 1 aromatic carbocycles. The van der Waals surface area contributed by atoms with E-state index < -0.39 is 0 Å². The summed E-state index contributed by atoms with van der Waals surface area (Å²) in [6.45, 7) is 6.85. The number of nitrogens with two attached hydrogens (primary N) is 1. The molecule has 0 saturated heterocycles. The topological polar surface area (TPSA) is 67.2 Å². The van der Waals surface area contributed by atoms with E-state index in [-0.39, 0.29) is 11.4 Å². The SMILES string of the molecule is CCSc1ccc(C(C)(C)CNC(=O)NN)cc1. The summed E-state index contributed by atoms with van der Waals surface area (Å²) in [6.07, 6.45) is 0. The molecule has 1 rings (SSSR count). The molecule has 4 N–H and O–H groups in total. The van der Waals surface area contributed by atoms with Gasteiger partial charge in [0, 0.05) is 16.9 Å². The molecule has 0 atom stereocenters. The molecule has 18 heavy (non-hydrogen) atoms. The number of rotatable bonds is 5. The van der Waals surface area contributed by atoms with Crippen LogP contribution in [0.15, 0.2) is 29.2 Å². The summed E-state index contributed by atoms with van der Waals surface area (Å²) in [5, 5.41) is 2.73. The average molecular weight is 267 g/mol. The lowest BCUT2D eigenvalue weighted by Gasteiger charge is -2.25. The van der Waals surface area contributed by atoms with E-state index in [1.165, 1.54) is 10.5 Å². The molecular formula is C13H21N3OS. The number of benzene rings is 1. The van der Waals surface area contributed by atoms with Crippen LogP contribution in [-0.4, -0.2) is 18.3 Å². The maximum Gasteiger partial charge on any atom is 0.328 e. The van der Waals surface area contributed by atoms with Gasteiger partial charge in [-0.1, -0.05) is 32.9 Å². The molecule has 0 aliphatic rings. The number of carbonyl (C=O) groups is 1. The van der Waals surface area contributed by atoms with E-state index in [4.69, 9.17) is 5.84 Å². The van der Waals surface area contributed by atoms with Crippen LogP contribution in [-0.2, 0) is 5.41 Å². The fourth-order valence-electron chi connectivity index (χ4n) is 1.62. The molecule has 0 fully saturated rings. The standard InChI is InChI=1S/C13H21N3OS/c1-4-18-11-7-5-10(6-8-11)13(2,3)9-15-12(17)16-14/h5-8H,4,9,14H2,1-3H3,(H2,15,16,17). The van der Waals surface area contributed by atoms with Crippen LogP contribution >= 0.6 is 11.8 Å². The number of amides is 2. The fraction of sp³-hybridized carbons (Fsp3) is 0.462. The average Bonchev–Trinajstić information content (AvgIpc) is 2.37. The fourth-order valence-corrected chi connectivity index (χ4v) is 2.29. The van der Waals surface area contributed by atoms with E-state index in [2.05, 4.69) is 55.8 Å². The minimum atomic E-state index is -0.360. The number of urea groups is 1. The van der Waals surface area contributed by atoms with Gasteiger partial charge >= 0.3 is 6.03 Å². The third kappa shape index (κ3) is 4.23. The maximum atomic E-state index is 11.1. The Morgan fingerprint density at radius 3 is 2.44 bits per heavy atom. The second kappa shape index (κ2) is 6.66. The maximum absolute atomic E-state index is 11.1. The highest BCUT2D eigenvalue weighted by molar-refractivity contribution is 7.99. The molecule has 0 aliphatic carbocycles. The Hall–Kier alpha value is -1.20. The molecule has 5 heteroatoms. The smallest absolute Gasteiger partial charge is 0.328 e. The van der Waals surface area contributed by atoms with Crippen molar-refractivity contribution in [2.45, 2.75) is 31.1 Å². The Labute approximate surface area is 113 Å². The third-order valence-electron chi connectivity index (χ3n) is 2.77. The molecule has 0 radical (unpaired) electrons. The number of hydrogen-bond acceptors (Lipinski definition) is 3. The first-order chi connectivity index (χ1) is 8.49. The molecule has 0 spiro atoms. The highest BCUT2D eigenvalue weighted by Crippen LogP contribution is 2.25. The first-order valence-electron chi connectivity index (χ1n) is 5.97.